The van der Waals surface area contributed by atoms with E-state index in [0.29, 0.717) is 0 Å². The van der Waals surface area contributed by atoms with Gasteiger partial charge in [0.25, 0.3) is 0 Å². The van der Waals surface area contributed by atoms with Gasteiger partial charge in [0.05, 0.1) is 11.3 Å². The Balaban J connectivity index is 3.06. The van der Waals surface area contributed by atoms with E-state index in [2.05, 4.69) is 5.10 Å². The van der Waals surface area contributed by atoms with Gasteiger partial charge < -0.3 is 0 Å². The molecule has 0 atom stereocenters. The Kier molecular flexibility index (Phi) is 3.23. The second-order valence-electron chi connectivity index (χ2n) is 3.60. The molecule has 1 rings (SSSR count). The zero-order valence-corrected chi connectivity index (χ0v) is 9.16. The number of allylic oxidation sites excluding steroid dienone is 2. The van der Waals surface area contributed by atoms with Crippen LogP contribution >= 0.6 is 0 Å². The van der Waals surface area contributed by atoms with E-state index in [1.165, 1.54) is 0 Å². The lowest BCUT2D eigenvalue weighted by molar-refractivity contribution is 0.104. The number of nitrogens with zero attached hydrogens (tertiary/aromatic N) is 2. The van der Waals surface area contributed by atoms with Crippen molar-refractivity contribution in [3.63, 3.8) is 0 Å². The van der Waals surface area contributed by atoms with Gasteiger partial charge in [-0.05, 0) is 26.3 Å². The van der Waals surface area contributed by atoms with E-state index >= 15 is 0 Å². The summed E-state index contributed by atoms with van der Waals surface area (Å²) >= 11 is 0. The van der Waals surface area contributed by atoms with Crippen LogP contribution in [-0.4, -0.2) is 15.6 Å². The SMILES string of the molecule is CCc1nn(C)cc1C(=O)C=C(C)C. The molecule has 0 radical (unpaired) electrons. The van der Waals surface area contributed by atoms with Crippen molar-refractivity contribution < 1.29 is 4.79 Å². The first-order chi connectivity index (χ1) is 6.54. The van der Waals surface area contributed by atoms with Crippen LogP contribution in [0.25, 0.3) is 0 Å². The van der Waals surface area contributed by atoms with Gasteiger partial charge in [-0.15, -0.1) is 0 Å². The van der Waals surface area contributed by atoms with E-state index in [-0.39, 0.29) is 5.78 Å². The minimum atomic E-state index is 0.0509. The number of rotatable bonds is 3. The summed E-state index contributed by atoms with van der Waals surface area (Å²) < 4.78 is 1.69. The Morgan fingerprint density at radius 2 is 2.21 bits per heavy atom. The molecule has 3 heteroatoms. The highest BCUT2D eigenvalue weighted by Gasteiger charge is 2.11. The molecule has 0 aliphatic heterocycles. The summed E-state index contributed by atoms with van der Waals surface area (Å²) in [6.07, 6.45) is 4.22. The quantitative estimate of drug-likeness (QED) is 0.543. The Labute approximate surface area is 84.4 Å². The molecule has 3 nitrogen and oxygen atoms in total. The fourth-order valence-electron chi connectivity index (χ4n) is 1.34. The minimum absolute atomic E-state index is 0.0509. The van der Waals surface area contributed by atoms with Gasteiger partial charge in [0, 0.05) is 13.2 Å². The minimum Gasteiger partial charge on any atom is -0.289 e. The van der Waals surface area contributed by atoms with Gasteiger partial charge >= 0.3 is 0 Å². The van der Waals surface area contributed by atoms with Crippen molar-refractivity contribution in [2.45, 2.75) is 27.2 Å². The molecule has 1 heterocycles. The summed E-state index contributed by atoms with van der Waals surface area (Å²) in [6, 6.07) is 0. The van der Waals surface area contributed by atoms with Crippen molar-refractivity contribution in [2.75, 3.05) is 0 Å². The van der Waals surface area contributed by atoms with Crippen LogP contribution in [0, 0.1) is 0 Å². The second-order valence-corrected chi connectivity index (χ2v) is 3.60. The van der Waals surface area contributed by atoms with E-state index < -0.39 is 0 Å². The van der Waals surface area contributed by atoms with Crippen molar-refractivity contribution in [3.8, 4) is 0 Å². The molecule has 0 aliphatic carbocycles. The summed E-state index contributed by atoms with van der Waals surface area (Å²) in [5.74, 6) is 0.0509. The summed E-state index contributed by atoms with van der Waals surface area (Å²) in [6.45, 7) is 5.83. The lowest BCUT2D eigenvalue weighted by Crippen LogP contribution is -1.97. The van der Waals surface area contributed by atoms with E-state index in [4.69, 9.17) is 0 Å². The van der Waals surface area contributed by atoms with Crippen LogP contribution in [0.3, 0.4) is 0 Å². The van der Waals surface area contributed by atoms with Crippen molar-refractivity contribution in [1.82, 2.24) is 9.78 Å². The van der Waals surface area contributed by atoms with Crippen LogP contribution in [0.4, 0.5) is 0 Å². The third-order valence-corrected chi connectivity index (χ3v) is 1.93. The Morgan fingerprint density at radius 1 is 1.57 bits per heavy atom. The third-order valence-electron chi connectivity index (χ3n) is 1.93. The highest BCUT2D eigenvalue weighted by atomic mass is 16.1. The van der Waals surface area contributed by atoms with E-state index in [9.17, 15) is 4.79 Å². The first-order valence-electron chi connectivity index (χ1n) is 4.76. The predicted molar refractivity (Wildman–Crippen MR) is 56.3 cm³/mol. The molecule has 76 valence electrons. The van der Waals surface area contributed by atoms with Crippen LogP contribution in [0.15, 0.2) is 17.8 Å². The van der Waals surface area contributed by atoms with Gasteiger partial charge in [0.2, 0.25) is 0 Å². The first kappa shape index (κ1) is 10.7. The molecule has 0 saturated heterocycles. The molecule has 0 unspecified atom stereocenters. The number of hydrogen-bond acceptors (Lipinski definition) is 2. The largest absolute Gasteiger partial charge is 0.289 e. The summed E-state index contributed by atoms with van der Waals surface area (Å²) in [7, 11) is 1.83. The lowest BCUT2D eigenvalue weighted by atomic mass is 10.1. The third kappa shape index (κ3) is 2.31. The molecule has 0 aliphatic rings. The van der Waals surface area contributed by atoms with Gasteiger partial charge in [-0.3, -0.25) is 9.48 Å². The summed E-state index contributed by atoms with van der Waals surface area (Å²) in [5, 5.41) is 4.22. The smallest absolute Gasteiger partial charge is 0.189 e. The molecular weight excluding hydrogens is 176 g/mol. The number of carbonyl (C=O) groups is 1. The zero-order chi connectivity index (χ0) is 10.7. The number of hydrogen-bond donors (Lipinski definition) is 0. The van der Waals surface area contributed by atoms with Crippen molar-refractivity contribution in [3.05, 3.63) is 29.1 Å². The molecule has 0 N–H and O–H groups in total. The summed E-state index contributed by atoms with van der Waals surface area (Å²) in [4.78, 5) is 11.7. The van der Waals surface area contributed by atoms with Crippen molar-refractivity contribution in [1.29, 1.82) is 0 Å². The Morgan fingerprint density at radius 3 is 2.71 bits per heavy atom. The number of carbonyl (C=O) groups excluding carboxylic acids is 1. The van der Waals surface area contributed by atoms with Crippen LogP contribution in [-0.2, 0) is 13.5 Å². The van der Waals surface area contributed by atoms with Gasteiger partial charge in [-0.1, -0.05) is 12.5 Å². The van der Waals surface area contributed by atoms with Gasteiger partial charge in [-0.25, -0.2) is 0 Å². The van der Waals surface area contributed by atoms with Crippen LogP contribution in [0.1, 0.15) is 36.8 Å². The molecular formula is C11H16N2O. The highest BCUT2D eigenvalue weighted by molar-refractivity contribution is 6.05. The molecule has 0 saturated carbocycles. The molecule has 1 aromatic rings. The van der Waals surface area contributed by atoms with Gasteiger partial charge in [0.1, 0.15) is 0 Å². The molecule has 0 amide bonds. The van der Waals surface area contributed by atoms with E-state index in [0.717, 1.165) is 23.3 Å². The monoisotopic (exact) mass is 192 g/mol. The van der Waals surface area contributed by atoms with Crippen molar-refractivity contribution >= 4 is 5.78 Å². The van der Waals surface area contributed by atoms with E-state index in [1.54, 1.807) is 17.0 Å². The molecule has 0 fully saturated rings. The fraction of sp³-hybridized carbons (Fsp3) is 0.455. The Bertz CT molecular complexity index is 371. The van der Waals surface area contributed by atoms with Gasteiger partial charge in [-0.2, -0.15) is 5.10 Å². The van der Waals surface area contributed by atoms with Crippen LogP contribution in [0.5, 0.6) is 0 Å². The Hall–Kier alpha value is -1.38. The van der Waals surface area contributed by atoms with Gasteiger partial charge in [0.15, 0.2) is 5.78 Å². The lowest BCUT2D eigenvalue weighted by Gasteiger charge is -1.94. The number of aryl methyl sites for hydroxylation is 2. The topological polar surface area (TPSA) is 34.9 Å². The van der Waals surface area contributed by atoms with Crippen LogP contribution in [0.2, 0.25) is 0 Å². The van der Waals surface area contributed by atoms with E-state index in [1.807, 2.05) is 27.8 Å². The average molecular weight is 192 g/mol. The average Bonchev–Trinajstić information content (AvgIpc) is 2.45. The molecule has 1 aromatic heterocycles. The predicted octanol–water partition coefficient (Wildman–Crippen LogP) is 2.13. The molecule has 0 bridgehead atoms. The first-order valence-corrected chi connectivity index (χ1v) is 4.76. The zero-order valence-electron chi connectivity index (χ0n) is 9.16. The highest BCUT2D eigenvalue weighted by Crippen LogP contribution is 2.09. The molecule has 14 heavy (non-hydrogen) atoms. The second kappa shape index (κ2) is 4.22. The summed E-state index contributed by atoms with van der Waals surface area (Å²) in [5.41, 5.74) is 2.60. The normalized spacial score (nSPS) is 10.0. The number of aromatic nitrogens is 2. The maximum atomic E-state index is 11.7. The van der Waals surface area contributed by atoms with Crippen molar-refractivity contribution in [2.24, 2.45) is 7.05 Å². The maximum Gasteiger partial charge on any atom is 0.189 e. The molecule has 0 spiro atoms. The standard InChI is InChI=1S/C11H16N2O/c1-5-10-9(7-13(4)12-10)11(14)6-8(2)3/h6-7H,5H2,1-4H3. The maximum absolute atomic E-state index is 11.7. The molecule has 0 aromatic carbocycles. The number of ketones is 1. The fourth-order valence-corrected chi connectivity index (χ4v) is 1.34. The van der Waals surface area contributed by atoms with Crippen LogP contribution < -0.4 is 0 Å².